The van der Waals surface area contributed by atoms with E-state index in [1.54, 1.807) is 24.7 Å². The van der Waals surface area contributed by atoms with Gasteiger partial charge in [0.1, 0.15) is 11.8 Å². The van der Waals surface area contributed by atoms with Crippen LogP contribution < -0.4 is 10.1 Å². The number of ether oxygens (including phenoxy) is 1. The van der Waals surface area contributed by atoms with Crippen molar-refractivity contribution in [3.63, 3.8) is 0 Å². The summed E-state index contributed by atoms with van der Waals surface area (Å²) >= 11 is 0. The summed E-state index contributed by atoms with van der Waals surface area (Å²) in [5.41, 5.74) is 3.00. The first-order valence-corrected chi connectivity index (χ1v) is 8.14. The number of nitrogens with one attached hydrogen (secondary N) is 1. The summed E-state index contributed by atoms with van der Waals surface area (Å²) in [5.74, 6) is -0.233. The van der Waals surface area contributed by atoms with Gasteiger partial charge in [-0.3, -0.25) is 9.78 Å². The molecule has 6 nitrogen and oxygen atoms in total. The van der Waals surface area contributed by atoms with Gasteiger partial charge in [0.25, 0.3) is 5.91 Å². The molecule has 1 amide bonds. The number of aromatic nitrogens is 2. The van der Waals surface area contributed by atoms with E-state index in [-0.39, 0.29) is 12.3 Å². The standard InChI is InChI=1S/C20H19N3O3/c1-26-20-17(12-16(13-22-20)15-7-9-21-10-8-15)23-19(25)18(24)11-14-5-3-2-4-6-14/h2-10,12-13,18,24H,11H2,1H3,(H,23,25)/t18-/m1/s1. The smallest absolute Gasteiger partial charge is 0.253 e. The van der Waals surface area contributed by atoms with Crippen molar-refractivity contribution in [2.24, 2.45) is 0 Å². The first kappa shape index (κ1) is 17.6. The molecule has 0 fully saturated rings. The van der Waals surface area contributed by atoms with Crippen LogP contribution in [-0.4, -0.2) is 34.2 Å². The molecule has 0 saturated heterocycles. The molecule has 0 bridgehead atoms. The van der Waals surface area contributed by atoms with E-state index in [0.29, 0.717) is 5.69 Å². The third kappa shape index (κ3) is 4.23. The lowest BCUT2D eigenvalue weighted by molar-refractivity contribution is -0.123. The van der Waals surface area contributed by atoms with Crippen molar-refractivity contribution in [3.05, 3.63) is 72.7 Å². The van der Waals surface area contributed by atoms with Crippen molar-refractivity contribution in [1.29, 1.82) is 0 Å². The average molecular weight is 349 g/mol. The van der Waals surface area contributed by atoms with Gasteiger partial charge in [0.2, 0.25) is 5.88 Å². The number of carbonyl (C=O) groups is 1. The van der Waals surface area contributed by atoms with Gasteiger partial charge in [-0.25, -0.2) is 4.98 Å². The Kier molecular flexibility index (Phi) is 5.56. The maximum atomic E-state index is 12.4. The van der Waals surface area contributed by atoms with Crippen molar-refractivity contribution in [1.82, 2.24) is 9.97 Å². The Balaban J connectivity index is 1.78. The largest absolute Gasteiger partial charge is 0.480 e. The summed E-state index contributed by atoms with van der Waals surface area (Å²) in [4.78, 5) is 20.6. The summed E-state index contributed by atoms with van der Waals surface area (Å²) in [5, 5.41) is 12.9. The van der Waals surface area contributed by atoms with Gasteiger partial charge in [-0.2, -0.15) is 0 Å². The van der Waals surface area contributed by atoms with E-state index in [9.17, 15) is 9.90 Å². The SMILES string of the molecule is COc1ncc(-c2ccncc2)cc1NC(=O)[C@H](O)Cc1ccccc1. The fourth-order valence-electron chi connectivity index (χ4n) is 2.55. The number of anilines is 1. The second-order valence-corrected chi connectivity index (χ2v) is 5.71. The van der Waals surface area contributed by atoms with Gasteiger partial charge >= 0.3 is 0 Å². The average Bonchev–Trinajstić information content (AvgIpc) is 2.69. The van der Waals surface area contributed by atoms with Crippen LogP contribution in [0.15, 0.2) is 67.1 Å². The van der Waals surface area contributed by atoms with Crippen LogP contribution in [0, 0.1) is 0 Å². The van der Waals surface area contributed by atoms with Crippen LogP contribution in [0.3, 0.4) is 0 Å². The zero-order valence-electron chi connectivity index (χ0n) is 14.3. The summed E-state index contributed by atoms with van der Waals surface area (Å²) in [7, 11) is 1.48. The Hall–Kier alpha value is -3.25. The van der Waals surface area contributed by atoms with Gasteiger partial charge in [0, 0.05) is 30.6 Å². The summed E-state index contributed by atoms with van der Waals surface area (Å²) in [6.45, 7) is 0. The Labute approximate surface area is 151 Å². The molecule has 0 saturated carbocycles. The highest BCUT2D eigenvalue weighted by atomic mass is 16.5. The van der Waals surface area contributed by atoms with Crippen molar-refractivity contribution >= 4 is 11.6 Å². The minimum atomic E-state index is -1.17. The van der Waals surface area contributed by atoms with Crippen molar-refractivity contribution < 1.29 is 14.6 Å². The number of aliphatic hydroxyl groups excluding tert-OH is 1. The minimum absolute atomic E-state index is 0.229. The minimum Gasteiger partial charge on any atom is -0.480 e. The van der Waals surface area contributed by atoms with Crippen molar-refractivity contribution in [2.45, 2.75) is 12.5 Å². The van der Waals surface area contributed by atoms with E-state index >= 15 is 0 Å². The fourth-order valence-corrected chi connectivity index (χ4v) is 2.55. The molecule has 2 heterocycles. The number of hydrogen-bond donors (Lipinski definition) is 2. The van der Waals surface area contributed by atoms with Crippen LogP contribution in [0.1, 0.15) is 5.56 Å². The lowest BCUT2D eigenvalue weighted by Gasteiger charge is -2.14. The molecule has 3 rings (SSSR count). The Bertz CT molecular complexity index is 870. The first-order chi connectivity index (χ1) is 12.7. The predicted molar refractivity (Wildman–Crippen MR) is 98.8 cm³/mol. The normalized spacial score (nSPS) is 11.6. The zero-order valence-corrected chi connectivity index (χ0v) is 14.3. The number of pyridine rings is 2. The molecule has 0 aliphatic rings. The number of methoxy groups -OCH3 is 1. The first-order valence-electron chi connectivity index (χ1n) is 8.14. The second-order valence-electron chi connectivity index (χ2n) is 5.71. The number of rotatable bonds is 6. The highest BCUT2D eigenvalue weighted by Crippen LogP contribution is 2.28. The van der Waals surface area contributed by atoms with Gasteiger partial charge < -0.3 is 15.2 Å². The Morgan fingerprint density at radius 1 is 1.15 bits per heavy atom. The van der Waals surface area contributed by atoms with Gasteiger partial charge in [-0.05, 0) is 29.3 Å². The Morgan fingerprint density at radius 2 is 1.88 bits per heavy atom. The van der Waals surface area contributed by atoms with Crippen LogP contribution in [0.2, 0.25) is 0 Å². The van der Waals surface area contributed by atoms with Gasteiger partial charge in [0.15, 0.2) is 0 Å². The second kappa shape index (κ2) is 8.22. The molecule has 26 heavy (non-hydrogen) atoms. The highest BCUT2D eigenvalue weighted by Gasteiger charge is 2.18. The number of hydrogen-bond acceptors (Lipinski definition) is 5. The number of carbonyl (C=O) groups excluding carboxylic acids is 1. The van der Waals surface area contributed by atoms with E-state index in [1.165, 1.54) is 7.11 Å². The van der Waals surface area contributed by atoms with E-state index in [4.69, 9.17) is 4.74 Å². The maximum Gasteiger partial charge on any atom is 0.253 e. The highest BCUT2D eigenvalue weighted by molar-refractivity contribution is 5.95. The van der Waals surface area contributed by atoms with E-state index in [0.717, 1.165) is 16.7 Å². The lowest BCUT2D eigenvalue weighted by atomic mass is 10.1. The molecule has 1 aromatic carbocycles. The van der Waals surface area contributed by atoms with Crippen LogP contribution >= 0.6 is 0 Å². The van der Waals surface area contributed by atoms with Crippen LogP contribution in [0.5, 0.6) is 5.88 Å². The van der Waals surface area contributed by atoms with Crippen LogP contribution in [0.25, 0.3) is 11.1 Å². The third-order valence-corrected chi connectivity index (χ3v) is 3.89. The van der Waals surface area contributed by atoms with E-state index in [1.807, 2.05) is 42.5 Å². The number of benzene rings is 1. The summed E-state index contributed by atoms with van der Waals surface area (Å²) in [6.07, 6.45) is 4.08. The maximum absolute atomic E-state index is 12.4. The topological polar surface area (TPSA) is 84.3 Å². The quantitative estimate of drug-likeness (QED) is 0.715. The number of amides is 1. The lowest BCUT2D eigenvalue weighted by Crippen LogP contribution is -2.29. The summed E-state index contributed by atoms with van der Waals surface area (Å²) in [6, 6.07) is 14.8. The fraction of sp³-hybridized carbons (Fsp3) is 0.150. The molecule has 6 heteroatoms. The molecule has 2 N–H and O–H groups in total. The van der Waals surface area contributed by atoms with E-state index < -0.39 is 12.0 Å². The van der Waals surface area contributed by atoms with Crippen molar-refractivity contribution in [2.75, 3.05) is 12.4 Å². The molecular formula is C20H19N3O3. The molecule has 3 aromatic rings. The van der Waals surface area contributed by atoms with Crippen LogP contribution in [-0.2, 0) is 11.2 Å². The predicted octanol–water partition coefficient (Wildman–Crippen LogP) is 2.69. The van der Waals surface area contributed by atoms with Gasteiger partial charge in [-0.15, -0.1) is 0 Å². The molecule has 0 radical (unpaired) electrons. The summed E-state index contributed by atoms with van der Waals surface area (Å²) < 4.78 is 5.22. The molecular weight excluding hydrogens is 330 g/mol. The third-order valence-electron chi connectivity index (χ3n) is 3.89. The van der Waals surface area contributed by atoms with Gasteiger partial charge in [-0.1, -0.05) is 30.3 Å². The number of nitrogens with zero attached hydrogens (tertiary/aromatic N) is 2. The number of aliphatic hydroxyl groups is 1. The molecule has 132 valence electrons. The zero-order chi connectivity index (χ0) is 18.4. The molecule has 2 aromatic heterocycles. The monoisotopic (exact) mass is 349 g/mol. The Morgan fingerprint density at radius 3 is 2.58 bits per heavy atom. The van der Waals surface area contributed by atoms with Crippen LogP contribution in [0.4, 0.5) is 5.69 Å². The molecule has 0 aliphatic carbocycles. The molecule has 0 aliphatic heterocycles. The van der Waals surface area contributed by atoms with E-state index in [2.05, 4.69) is 15.3 Å². The van der Waals surface area contributed by atoms with Gasteiger partial charge in [0.05, 0.1) is 7.11 Å². The molecule has 1 atom stereocenters. The molecule has 0 unspecified atom stereocenters. The van der Waals surface area contributed by atoms with Crippen molar-refractivity contribution in [3.8, 4) is 17.0 Å². The molecule has 0 spiro atoms.